The maximum absolute atomic E-state index is 13.9. The van der Waals surface area contributed by atoms with E-state index in [0.717, 1.165) is 12.8 Å². The molecule has 1 aliphatic carbocycles. The third-order valence-electron chi connectivity index (χ3n) is 4.21. The van der Waals surface area contributed by atoms with Crippen LogP contribution in [0.25, 0.3) is 0 Å². The maximum Gasteiger partial charge on any atom is 0.434 e. The lowest BCUT2D eigenvalue weighted by atomic mass is 9.96. The molecule has 0 saturated carbocycles. The minimum absolute atomic E-state index is 0.262. The summed E-state index contributed by atoms with van der Waals surface area (Å²) in [6.07, 6.45) is -1.96. The predicted molar refractivity (Wildman–Crippen MR) is 99.5 cm³/mol. The Balaban J connectivity index is 2.29. The molecule has 0 spiro atoms. The first-order valence-corrected chi connectivity index (χ1v) is 9.23. The van der Waals surface area contributed by atoms with Crippen LogP contribution in [-0.4, -0.2) is 30.4 Å². The molecule has 1 aromatic rings. The van der Waals surface area contributed by atoms with Crippen molar-refractivity contribution >= 4 is 12.1 Å². The fourth-order valence-electron chi connectivity index (χ4n) is 2.67. The molecule has 0 aliphatic heterocycles. The Morgan fingerprint density at radius 1 is 1.14 bits per heavy atom. The van der Waals surface area contributed by atoms with Gasteiger partial charge in [-0.3, -0.25) is 5.32 Å². The number of hydrogen-bond donors (Lipinski definition) is 1. The van der Waals surface area contributed by atoms with Gasteiger partial charge in [-0.1, -0.05) is 42.3 Å². The van der Waals surface area contributed by atoms with Crippen molar-refractivity contribution in [2.24, 2.45) is 0 Å². The second kappa shape index (κ2) is 10.0. The molecule has 156 valence electrons. The summed E-state index contributed by atoms with van der Waals surface area (Å²) in [5, 5.41) is 1.60. The van der Waals surface area contributed by atoms with Crippen molar-refractivity contribution < 1.29 is 32.2 Å². The lowest BCUT2D eigenvalue weighted by Crippen LogP contribution is -2.63. The van der Waals surface area contributed by atoms with E-state index in [0.29, 0.717) is 24.0 Å². The number of allylic oxidation sites excluding steroid dienone is 2. The maximum atomic E-state index is 13.9. The highest BCUT2D eigenvalue weighted by Gasteiger charge is 2.63. The Labute approximate surface area is 167 Å². The average Bonchev–Trinajstić information content (AvgIpc) is 2.70. The lowest BCUT2D eigenvalue weighted by molar-refractivity contribution is -0.198. The average molecular weight is 409 g/mol. The summed E-state index contributed by atoms with van der Waals surface area (Å²) in [5.74, 6) is 2.63. The Morgan fingerprint density at radius 3 is 2.45 bits per heavy atom. The Kier molecular flexibility index (Phi) is 7.71. The van der Waals surface area contributed by atoms with Crippen molar-refractivity contribution in [2.45, 2.75) is 50.9 Å². The number of alkyl halides is 3. The zero-order chi connectivity index (χ0) is 21.3. The van der Waals surface area contributed by atoms with Crippen molar-refractivity contribution in [1.29, 1.82) is 0 Å². The Hall–Kier alpha value is -2.95. The number of benzene rings is 1. The SMILES string of the molecule is CCOC(=O)C(C#CC1=CCCCC1)(NC(=O)OCc1ccccc1)C(F)(F)F. The van der Waals surface area contributed by atoms with E-state index in [1.54, 1.807) is 41.7 Å². The number of rotatable bonds is 5. The largest absolute Gasteiger partial charge is 0.463 e. The summed E-state index contributed by atoms with van der Waals surface area (Å²) in [6.45, 7) is 0.799. The van der Waals surface area contributed by atoms with Gasteiger partial charge in [0, 0.05) is 0 Å². The highest BCUT2D eigenvalue weighted by Crippen LogP contribution is 2.32. The molecule has 1 aromatic carbocycles. The van der Waals surface area contributed by atoms with Crippen molar-refractivity contribution in [1.82, 2.24) is 5.32 Å². The van der Waals surface area contributed by atoms with E-state index in [-0.39, 0.29) is 13.2 Å². The van der Waals surface area contributed by atoms with Gasteiger partial charge in [0.15, 0.2) is 0 Å². The smallest absolute Gasteiger partial charge is 0.434 e. The zero-order valence-electron chi connectivity index (χ0n) is 16.0. The molecule has 0 heterocycles. The van der Waals surface area contributed by atoms with Gasteiger partial charge >= 0.3 is 18.2 Å². The van der Waals surface area contributed by atoms with Crippen LogP contribution >= 0.6 is 0 Å². The third-order valence-corrected chi connectivity index (χ3v) is 4.21. The van der Waals surface area contributed by atoms with Crippen LogP contribution in [0.5, 0.6) is 0 Å². The van der Waals surface area contributed by atoms with Crippen LogP contribution in [0, 0.1) is 11.8 Å². The van der Waals surface area contributed by atoms with Crippen LogP contribution in [0.4, 0.5) is 18.0 Å². The van der Waals surface area contributed by atoms with Gasteiger partial charge in [-0.25, -0.2) is 9.59 Å². The molecule has 8 heteroatoms. The van der Waals surface area contributed by atoms with E-state index in [4.69, 9.17) is 4.74 Å². The van der Waals surface area contributed by atoms with Crippen LogP contribution < -0.4 is 5.32 Å². The molecule has 1 aliphatic rings. The van der Waals surface area contributed by atoms with Crippen LogP contribution in [0.2, 0.25) is 0 Å². The molecule has 0 saturated heterocycles. The highest BCUT2D eigenvalue weighted by molar-refractivity contribution is 5.91. The van der Waals surface area contributed by atoms with Gasteiger partial charge in [-0.2, -0.15) is 13.2 Å². The van der Waals surface area contributed by atoms with E-state index < -0.39 is 23.8 Å². The number of halogens is 3. The molecule has 0 bridgehead atoms. The second-order valence-corrected chi connectivity index (χ2v) is 6.38. The molecule has 5 nitrogen and oxygen atoms in total. The normalized spacial score (nSPS) is 15.8. The van der Waals surface area contributed by atoms with Gasteiger partial charge in [0.05, 0.1) is 6.61 Å². The Morgan fingerprint density at radius 2 is 1.86 bits per heavy atom. The first-order valence-electron chi connectivity index (χ1n) is 9.23. The molecule has 29 heavy (non-hydrogen) atoms. The van der Waals surface area contributed by atoms with Crippen LogP contribution in [0.1, 0.15) is 38.2 Å². The van der Waals surface area contributed by atoms with Crippen molar-refractivity contribution in [2.75, 3.05) is 6.61 Å². The number of carbonyl (C=O) groups is 2. The molecule has 1 N–H and O–H groups in total. The molecule has 0 radical (unpaired) electrons. The first-order chi connectivity index (χ1) is 13.8. The summed E-state index contributed by atoms with van der Waals surface area (Å²) in [7, 11) is 0. The lowest BCUT2D eigenvalue weighted by Gasteiger charge is -2.29. The number of esters is 1. The number of nitrogens with one attached hydrogen (secondary N) is 1. The zero-order valence-corrected chi connectivity index (χ0v) is 16.0. The Bertz CT molecular complexity index is 809. The van der Waals surface area contributed by atoms with E-state index in [1.165, 1.54) is 6.92 Å². The quantitative estimate of drug-likeness (QED) is 0.582. The molecule has 0 aromatic heterocycles. The van der Waals surface area contributed by atoms with E-state index >= 15 is 0 Å². The van der Waals surface area contributed by atoms with Crippen molar-refractivity contribution in [3.63, 3.8) is 0 Å². The van der Waals surface area contributed by atoms with Crippen LogP contribution in [0.15, 0.2) is 42.0 Å². The van der Waals surface area contributed by atoms with Gasteiger partial charge in [-0.05, 0) is 49.7 Å². The summed E-state index contributed by atoms with van der Waals surface area (Å²) in [5.41, 5.74) is -2.45. The van der Waals surface area contributed by atoms with Gasteiger partial charge in [0.2, 0.25) is 0 Å². The van der Waals surface area contributed by atoms with E-state index in [2.05, 4.69) is 10.7 Å². The number of carbonyl (C=O) groups excluding carboxylic acids is 2. The topological polar surface area (TPSA) is 64.6 Å². The standard InChI is InChI=1S/C21H22F3NO4/c1-2-28-18(26)20(21(22,23)24,14-13-16-9-5-3-6-10-16)25-19(27)29-15-17-11-7-4-8-12-17/h4,7-9,11-12H,2-3,5-6,10,15H2,1H3,(H,25,27). The summed E-state index contributed by atoms with van der Waals surface area (Å²) >= 11 is 0. The van der Waals surface area contributed by atoms with Crippen LogP contribution in [-0.2, 0) is 20.9 Å². The van der Waals surface area contributed by atoms with Crippen molar-refractivity contribution in [3.8, 4) is 11.8 Å². The molecule has 1 unspecified atom stereocenters. The van der Waals surface area contributed by atoms with Gasteiger partial charge in [0.1, 0.15) is 6.61 Å². The van der Waals surface area contributed by atoms with Gasteiger partial charge in [-0.15, -0.1) is 0 Å². The third kappa shape index (κ3) is 6.01. The molecule has 0 fully saturated rings. The van der Waals surface area contributed by atoms with E-state index in [9.17, 15) is 22.8 Å². The second-order valence-electron chi connectivity index (χ2n) is 6.38. The molecular weight excluding hydrogens is 387 g/mol. The molecule has 1 amide bonds. The summed E-state index contributed by atoms with van der Waals surface area (Å²) in [4.78, 5) is 24.4. The molecule has 1 atom stereocenters. The summed E-state index contributed by atoms with van der Waals surface area (Å²) < 4.78 is 51.2. The predicted octanol–water partition coefficient (Wildman–Crippen LogP) is 4.28. The first kappa shape index (κ1) is 22.3. The number of ether oxygens (including phenoxy) is 2. The monoisotopic (exact) mass is 409 g/mol. The fraction of sp³-hybridized carbons (Fsp3) is 0.429. The molecule has 2 rings (SSSR count). The van der Waals surface area contributed by atoms with E-state index in [1.807, 2.05) is 5.92 Å². The fourth-order valence-corrected chi connectivity index (χ4v) is 2.67. The minimum atomic E-state index is -5.22. The number of hydrogen-bond acceptors (Lipinski definition) is 4. The number of amides is 1. The summed E-state index contributed by atoms with van der Waals surface area (Å²) in [6, 6.07) is 8.42. The van der Waals surface area contributed by atoms with Gasteiger partial charge in [0.25, 0.3) is 5.54 Å². The van der Waals surface area contributed by atoms with Gasteiger partial charge < -0.3 is 9.47 Å². The van der Waals surface area contributed by atoms with Crippen LogP contribution in [0.3, 0.4) is 0 Å². The minimum Gasteiger partial charge on any atom is -0.463 e. The van der Waals surface area contributed by atoms with Crippen molar-refractivity contribution in [3.05, 3.63) is 47.5 Å². The number of alkyl carbamates (subject to hydrolysis) is 1. The highest BCUT2D eigenvalue weighted by atomic mass is 19.4. The molecular formula is C21H22F3NO4.